The molecule has 1 aromatic carbocycles. The second-order valence-corrected chi connectivity index (χ2v) is 3.62. The highest BCUT2D eigenvalue weighted by Crippen LogP contribution is 2.25. The fourth-order valence-corrected chi connectivity index (χ4v) is 1.92. The zero-order chi connectivity index (χ0) is 9.42. The second-order valence-electron chi connectivity index (χ2n) is 3.62. The molecule has 0 aliphatic carbocycles. The van der Waals surface area contributed by atoms with Crippen LogP contribution in [0.15, 0.2) is 23.7 Å². The third-order valence-electron chi connectivity index (χ3n) is 2.38. The van der Waals surface area contributed by atoms with E-state index in [0.29, 0.717) is 0 Å². The van der Waals surface area contributed by atoms with E-state index in [2.05, 4.69) is 37.6 Å². The SMILES string of the molecule is C=C1CN=Cc2cc(C)cc(C)c21. The number of hydrogen-bond donors (Lipinski definition) is 0. The Kier molecular flexibility index (Phi) is 1.80. The molecular formula is C12H13N. The first kappa shape index (κ1) is 8.24. The van der Waals surface area contributed by atoms with Crippen molar-refractivity contribution in [3.63, 3.8) is 0 Å². The molecule has 0 unspecified atom stereocenters. The van der Waals surface area contributed by atoms with Crippen LogP contribution < -0.4 is 0 Å². The third kappa shape index (κ3) is 1.31. The van der Waals surface area contributed by atoms with Gasteiger partial charge in [-0.1, -0.05) is 18.2 Å². The average Bonchev–Trinajstić information content (AvgIpc) is 2.02. The first-order valence-corrected chi connectivity index (χ1v) is 4.47. The van der Waals surface area contributed by atoms with Gasteiger partial charge in [-0.3, -0.25) is 4.99 Å². The van der Waals surface area contributed by atoms with Crippen molar-refractivity contribution in [2.75, 3.05) is 6.54 Å². The molecule has 0 spiro atoms. The van der Waals surface area contributed by atoms with Gasteiger partial charge < -0.3 is 0 Å². The highest BCUT2D eigenvalue weighted by molar-refractivity contribution is 5.93. The normalized spacial score (nSPS) is 14.5. The molecule has 0 saturated carbocycles. The summed E-state index contributed by atoms with van der Waals surface area (Å²) in [4.78, 5) is 4.26. The summed E-state index contributed by atoms with van der Waals surface area (Å²) in [5, 5.41) is 0. The summed E-state index contributed by atoms with van der Waals surface area (Å²) >= 11 is 0. The fourth-order valence-electron chi connectivity index (χ4n) is 1.92. The van der Waals surface area contributed by atoms with Crippen molar-refractivity contribution in [3.8, 4) is 0 Å². The van der Waals surface area contributed by atoms with Crippen molar-refractivity contribution < 1.29 is 0 Å². The van der Waals surface area contributed by atoms with Gasteiger partial charge in [0.2, 0.25) is 0 Å². The molecule has 0 radical (unpaired) electrons. The van der Waals surface area contributed by atoms with E-state index in [9.17, 15) is 0 Å². The zero-order valence-electron chi connectivity index (χ0n) is 8.09. The van der Waals surface area contributed by atoms with Gasteiger partial charge in [-0.15, -0.1) is 0 Å². The maximum atomic E-state index is 4.26. The van der Waals surface area contributed by atoms with Gasteiger partial charge in [0.15, 0.2) is 0 Å². The van der Waals surface area contributed by atoms with Crippen LogP contribution in [0.4, 0.5) is 0 Å². The summed E-state index contributed by atoms with van der Waals surface area (Å²) in [5.41, 5.74) is 6.24. The quantitative estimate of drug-likeness (QED) is 0.569. The van der Waals surface area contributed by atoms with E-state index >= 15 is 0 Å². The Morgan fingerprint density at radius 3 is 2.85 bits per heavy atom. The van der Waals surface area contributed by atoms with E-state index in [-0.39, 0.29) is 0 Å². The Morgan fingerprint density at radius 2 is 2.08 bits per heavy atom. The predicted octanol–water partition coefficient (Wildman–Crippen LogP) is 2.75. The molecule has 0 aromatic heterocycles. The molecular weight excluding hydrogens is 158 g/mol. The standard InChI is InChI=1S/C12H13N/c1-8-4-9(2)12-10(3)6-13-7-11(12)5-8/h4-5,7H,3,6H2,1-2H3. The first-order chi connectivity index (χ1) is 6.18. The molecule has 66 valence electrons. The molecule has 0 N–H and O–H groups in total. The summed E-state index contributed by atoms with van der Waals surface area (Å²) in [6, 6.07) is 4.36. The zero-order valence-corrected chi connectivity index (χ0v) is 8.09. The van der Waals surface area contributed by atoms with Crippen LogP contribution in [0, 0.1) is 13.8 Å². The molecule has 0 bridgehead atoms. The largest absolute Gasteiger partial charge is 0.288 e. The van der Waals surface area contributed by atoms with E-state index in [4.69, 9.17) is 0 Å². The van der Waals surface area contributed by atoms with E-state index in [0.717, 1.165) is 12.1 Å². The van der Waals surface area contributed by atoms with Crippen LogP contribution in [0.5, 0.6) is 0 Å². The number of benzene rings is 1. The molecule has 1 aliphatic heterocycles. The number of nitrogens with zero attached hydrogens (tertiary/aromatic N) is 1. The number of aryl methyl sites for hydroxylation is 2. The molecule has 1 heterocycles. The maximum absolute atomic E-state index is 4.26. The summed E-state index contributed by atoms with van der Waals surface area (Å²) in [6.07, 6.45) is 1.95. The lowest BCUT2D eigenvalue weighted by atomic mass is 9.93. The van der Waals surface area contributed by atoms with Gasteiger partial charge in [0.25, 0.3) is 0 Å². The molecule has 0 atom stereocenters. The lowest BCUT2D eigenvalue weighted by Gasteiger charge is -2.16. The average molecular weight is 171 g/mol. The summed E-state index contributed by atoms with van der Waals surface area (Å²) < 4.78 is 0. The minimum atomic E-state index is 0.747. The van der Waals surface area contributed by atoms with Gasteiger partial charge in [0, 0.05) is 11.8 Å². The van der Waals surface area contributed by atoms with Crippen LogP contribution >= 0.6 is 0 Å². The van der Waals surface area contributed by atoms with Gasteiger partial charge in [0.05, 0.1) is 6.54 Å². The summed E-state index contributed by atoms with van der Waals surface area (Å²) in [7, 11) is 0. The third-order valence-corrected chi connectivity index (χ3v) is 2.38. The monoisotopic (exact) mass is 171 g/mol. The van der Waals surface area contributed by atoms with Crippen molar-refractivity contribution >= 4 is 11.8 Å². The van der Waals surface area contributed by atoms with E-state index in [1.165, 1.54) is 22.3 Å². The van der Waals surface area contributed by atoms with Crippen molar-refractivity contribution in [1.82, 2.24) is 0 Å². The van der Waals surface area contributed by atoms with Crippen molar-refractivity contribution in [2.24, 2.45) is 4.99 Å². The molecule has 1 aliphatic rings. The highest BCUT2D eigenvalue weighted by Gasteiger charge is 2.11. The van der Waals surface area contributed by atoms with Crippen LogP contribution in [-0.4, -0.2) is 12.8 Å². The van der Waals surface area contributed by atoms with Gasteiger partial charge in [-0.2, -0.15) is 0 Å². The first-order valence-electron chi connectivity index (χ1n) is 4.47. The van der Waals surface area contributed by atoms with Gasteiger partial charge >= 0.3 is 0 Å². The van der Waals surface area contributed by atoms with Crippen molar-refractivity contribution in [3.05, 3.63) is 41.0 Å². The molecule has 0 amide bonds. The Morgan fingerprint density at radius 1 is 1.31 bits per heavy atom. The van der Waals surface area contributed by atoms with Crippen LogP contribution in [0.25, 0.3) is 5.57 Å². The van der Waals surface area contributed by atoms with Crippen molar-refractivity contribution in [1.29, 1.82) is 0 Å². The summed E-state index contributed by atoms with van der Waals surface area (Å²) in [6.45, 7) is 9.02. The lowest BCUT2D eigenvalue weighted by Crippen LogP contribution is -2.04. The minimum absolute atomic E-state index is 0.747. The van der Waals surface area contributed by atoms with E-state index in [1.807, 2.05) is 6.21 Å². The Bertz CT molecular complexity index is 400. The number of aliphatic imine (C=N–C) groups is 1. The van der Waals surface area contributed by atoms with Gasteiger partial charge in [-0.25, -0.2) is 0 Å². The van der Waals surface area contributed by atoms with Gasteiger partial charge in [-0.05, 0) is 36.6 Å². The van der Waals surface area contributed by atoms with Crippen LogP contribution in [-0.2, 0) is 0 Å². The molecule has 2 rings (SSSR count). The maximum Gasteiger partial charge on any atom is 0.0640 e. The molecule has 1 aromatic rings. The molecule has 0 saturated heterocycles. The topological polar surface area (TPSA) is 12.4 Å². The highest BCUT2D eigenvalue weighted by atomic mass is 14.7. The van der Waals surface area contributed by atoms with Crippen LogP contribution in [0.1, 0.15) is 22.3 Å². The summed E-state index contributed by atoms with van der Waals surface area (Å²) in [5.74, 6) is 0. The molecule has 0 fully saturated rings. The number of rotatable bonds is 0. The molecule has 1 heteroatoms. The lowest BCUT2D eigenvalue weighted by molar-refractivity contribution is 1.21. The Hall–Kier alpha value is -1.37. The Labute approximate surface area is 78.8 Å². The molecule has 1 nitrogen and oxygen atoms in total. The Balaban J connectivity index is 2.71. The van der Waals surface area contributed by atoms with Gasteiger partial charge in [0.1, 0.15) is 0 Å². The minimum Gasteiger partial charge on any atom is -0.288 e. The number of hydrogen-bond acceptors (Lipinski definition) is 1. The smallest absolute Gasteiger partial charge is 0.0640 e. The second kappa shape index (κ2) is 2.84. The van der Waals surface area contributed by atoms with E-state index < -0.39 is 0 Å². The number of fused-ring (bicyclic) bond motifs is 1. The van der Waals surface area contributed by atoms with Crippen LogP contribution in [0.3, 0.4) is 0 Å². The van der Waals surface area contributed by atoms with Crippen molar-refractivity contribution in [2.45, 2.75) is 13.8 Å². The van der Waals surface area contributed by atoms with Crippen LogP contribution in [0.2, 0.25) is 0 Å². The molecule has 13 heavy (non-hydrogen) atoms. The predicted molar refractivity (Wildman–Crippen MR) is 57.4 cm³/mol. The fraction of sp³-hybridized carbons (Fsp3) is 0.250. The van der Waals surface area contributed by atoms with E-state index in [1.54, 1.807) is 0 Å².